The van der Waals surface area contributed by atoms with Gasteiger partial charge in [0.05, 0.1) is 6.20 Å². The van der Waals surface area contributed by atoms with Crippen LogP contribution in [0, 0.1) is 0 Å². The number of pyridine rings is 1. The van der Waals surface area contributed by atoms with Crippen molar-refractivity contribution in [1.82, 2.24) is 9.97 Å². The Hall–Kier alpha value is -2.45. The fourth-order valence-corrected chi connectivity index (χ4v) is 3.21. The van der Waals surface area contributed by atoms with Gasteiger partial charge in [0.1, 0.15) is 15.7 Å². The highest BCUT2D eigenvalue weighted by atomic mass is 79.9. The number of hydrogen-bond donors (Lipinski definition) is 1. The number of nitrogens with zero attached hydrogens (tertiary/aromatic N) is 2. The lowest BCUT2D eigenvalue weighted by atomic mass is 10.2. The van der Waals surface area contributed by atoms with Crippen LogP contribution in [-0.2, 0) is 0 Å². The van der Waals surface area contributed by atoms with Gasteiger partial charge in [0.2, 0.25) is 6.79 Å². The van der Waals surface area contributed by atoms with Crippen LogP contribution in [0.5, 0.6) is 11.5 Å². The Labute approximate surface area is 149 Å². The molecule has 0 spiro atoms. The third-order valence-corrected chi connectivity index (χ3v) is 4.83. The summed E-state index contributed by atoms with van der Waals surface area (Å²) in [5, 5.41) is 3.48. The molecule has 1 aliphatic heterocycles. The van der Waals surface area contributed by atoms with Gasteiger partial charge in [-0.3, -0.25) is 4.79 Å². The lowest BCUT2D eigenvalue weighted by molar-refractivity contribution is 0.103. The highest BCUT2D eigenvalue weighted by molar-refractivity contribution is 9.10. The van der Waals surface area contributed by atoms with Gasteiger partial charge in [-0.05, 0) is 46.3 Å². The van der Waals surface area contributed by atoms with E-state index in [-0.39, 0.29) is 12.7 Å². The topological polar surface area (TPSA) is 73.3 Å². The molecule has 0 radical (unpaired) electrons. The summed E-state index contributed by atoms with van der Waals surface area (Å²) in [5.74, 6) is 1.65. The Morgan fingerprint density at radius 1 is 1.12 bits per heavy atom. The number of carbonyl (C=O) groups is 1. The SMILES string of the molecule is O=C(Nc1ccc(Br)cn1)c1cnc(-c2ccc3c(c2)OCO3)s1. The van der Waals surface area contributed by atoms with E-state index in [4.69, 9.17) is 9.47 Å². The van der Waals surface area contributed by atoms with Crippen molar-refractivity contribution in [3.8, 4) is 22.1 Å². The molecule has 1 aliphatic rings. The maximum atomic E-state index is 12.3. The first kappa shape index (κ1) is 15.1. The van der Waals surface area contributed by atoms with Crippen molar-refractivity contribution >= 4 is 39.0 Å². The molecule has 0 atom stereocenters. The molecule has 0 saturated carbocycles. The molecule has 1 amide bonds. The number of nitrogens with one attached hydrogen (secondary N) is 1. The Balaban J connectivity index is 1.54. The van der Waals surface area contributed by atoms with E-state index in [0.29, 0.717) is 16.4 Å². The Morgan fingerprint density at radius 2 is 2.00 bits per heavy atom. The molecule has 0 bridgehead atoms. The highest BCUT2D eigenvalue weighted by Gasteiger charge is 2.17. The summed E-state index contributed by atoms with van der Waals surface area (Å²) >= 11 is 4.61. The first-order chi connectivity index (χ1) is 11.7. The summed E-state index contributed by atoms with van der Waals surface area (Å²) in [5.41, 5.74) is 0.880. The molecule has 0 aliphatic carbocycles. The molecule has 8 heteroatoms. The number of ether oxygens (including phenoxy) is 2. The van der Waals surface area contributed by atoms with Gasteiger partial charge < -0.3 is 14.8 Å². The van der Waals surface area contributed by atoms with E-state index in [1.54, 1.807) is 18.5 Å². The van der Waals surface area contributed by atoms with Gasteiger partial charge in [-0.2, -0.15) is 0 Å². The van der Waals surface area contributed by atoms with Crippen molar-refractivity contribution in [3.63, 3.8) is 0 Å². The van der Waals surface area contributed by atoms with E-state index in [2.05, 4.69) is 31.2 Å². The van der Waals surface area contributed by atoms with E-state index in [0.717, 1.165) is 20.8 Å². The van der Waals surface area contributed by atoms with Crippen molar-refractivity contribution in [3.05, 3.63) is 52.1 Å². The van der Waals surface area contributed by atoms with Crippen LogP contribution >= 0.6 is 27.3 Å². The zero-order chi connectivity index (χ0) is 16.5. The third kappa shape index (κ3) is 2.98. The van der Waals surface area contributed by atoms with E-state index in [1.165, 1.54) is 11.3 Å². The summed E-state index contributed by atoms with van der Waals surface area (Å²) in [6.07, 6.45) is 3.18. The van der Waals surface area contributed by atoms with Gasteiger partial charge in [-0.1, -0.05) is 0 Å². The lowest BCUT2D eigenvalue weighted by Crippen LogP contribution is -2.11. The van der Waals surface area contributed by atoms with Crippen LogP contribution in [0.4, 0.5) is 5.82 Å². The van der Waals surface area contributed by atoms with Gasteiger partial charge in [0, 0.05) is 16.2 Å². The summed E-state index contributed by atoms with van der Waals surface area (Å²) in [6.45, 7) is 0.227. The number of aromatic nitrogens is 2. The minimum Gasteiger partial charge on any atom is -0.454 e. The molecule has 3 aromatic rings. The summed E-state index contributed by atoms with van der Waals surface area (Å²) in [7, 11) is 0. The number of amides is 1. The molecule has 4 rings (SSSR count). The minimum absolute atomic E-state index is 0.227. The second-order valence-corrected chi connectivity index (χ2v) is 6.86. The molecular formula is C16H10BrN3O3S. The molecule has 2 aromatic heterocycles. The molecule has 24 heavy (non-hydrogen) atoms. The molecule has 1 aromatic carbocycles. The van der Waals surface area contributed by atoms with E-state index in [9.17, 15) is 4.79 Å². The molecular weight excluding hydrogens is 394 g/mol. The minimum atomic E-state index is -0.241. The fraction of sp³-hybridized carbons (Fsp3) is 0.0625. The summed E-state index contributed by atoms with van der Waals surface area (Å²) in [6, 6.07) is 9.13. The van der Waals surface area contributed by atoms with Crippen molar-refractivity contribution in [2.75, 3.05) is 12.1 Å². The monoisotopic (exact) mass is 403 g/mol. The van der Waals surface area contributed by atoms with Crippen LogP contribution in [0.1, 0.15) is 9.67 Å². The number of fused-ring (bicyclic) bond motifs is 1. The number of carbonyl (C=O) groups excluding carboxylic acids is 1. The summed E-state index contributed by atoms with van der Waals surface area (Å²) in [4.78, 5) is 21.2. The smallest absolute Gasteiger partial charge is 0.268 e. The van der Waals surface area contributed by atoms with Crippen LogP contribution in [-0.4, -0.2) is 22.7 Å². The second kappa shape index (κ2) is 6.21. The quantitative estimate of drug-likeness (QED) is 0.716. The summed E-state index contributed by atoms with van der Waals surface area (Å²) < 4.78 is 11.5. The zero-order valence-corrected chi connectivity index (χ0v) is 14.6. The van der Waals surface area contributed by atoms with Crippen molar-refractivity contribution < 1.29 is 14.3 Å². The van der Waals surface area contributed by atoms with Crippen LogP contribution < -0.4 is 14.8 Å². The van der Waals surface area contributed by atoms with Crippen molar-refractivity contribution in [2.45, 2.75) is 0 Å². The van der Waals surface area contributed by atoms with Crippen LogP contribution in [0.25, 0.3) is 10.6 Å². The predicted octanol–water partition coefficient (Wildman–Crippen LogP) is 3.95. The molecule has 0 unspecified atom stereocenters. The van der Waals surface area contributed by atoms with E-state index < -0.39 is 0 Å². The highest BCUT2D eigenvalue weighted by Crippen LogP contribution is 2.37. The Kier molecular flexibility index (Phi) is 3.91. The molecule has 6 nitrogen and oxygen atoms in total. The van der Waals surface area contributed by atoms with Crippen LogP contribution in [0.3, 0.4) is 0 Å². The maximum Gasteiger partial charge on any atom is 0.268 e. The first-order valence-corrected chi connectivity index (χ1v) is 8.59. The van der Waals surface area contributed by atoms with E-state index in [1.807, 2.05) is 24.3 Å². The van der Waals surface area contributed by atoms with Gasteiger partial charge >= 0.3 is 0 Å². The average molecular weight is 404 g/mol. The number of hydrogen-bond acceptors (Lipinski definition) is 6. The predicted molar refractivity (Wildman–Crippen MR) is 93.6 cm³/mol. The number of rotatable bonds is 3. The fourth-order valence-electron chi connectivity index (χ4n) is 2.17. The van der Waals surface area contributed by atoms with Gasteiger partial charge in [-0.25, -0.2) is 9.97 Å². The number of benzene rings is 1. The Bertz CT molecular complexity index is 911. The molecule has 1 N–H and O–H groups in total. The largest absolute Gasteiger partial charge is 0.454 e. The normalized spacial score (nSPS) is 12.2. The number of halogens is 1. The standard InChI is InChI=1S/C16H10BrN3O3S/c17-10-2-4-14(18-6-10)20-15(21)13-7-19-16(24-13)9-1-3-11-12(5-9)23-8-22-11/h1-7H,8H2,(H,18,20,21). The lowest BCUT2D eigenvalue weighted by Gasteiger charge is -2.01. The van der Waals surface area contributed by atoms with Gasteiger partial charge in [0.15, 0.2) is 11.5 Å². The van der Waals surface area contributed by atoms with E-state index >= 15 is 0 Å². The maximum absolute atomic E-state index is 12.3. The molecule has 120 valence electrons. The van der Waals surface area contributed by atoms with Gasteiger partial charge in [-0.15, -0.1) is 11.3 Å². The molecule has 3 heterocycles. The number of anilines is 1. The van der Waals surface area contributed by atoms with Crippen LogP contribution in [0.2, 0.25) is 0 Å². The second-order valence-electron chi connectivity index (χ2n) is 4.91. The molecule has 0 fully saturated rings. The van der Waals surface area contributed by atoms with Crippen molar-refractivity contribution in [2.24, 2.45) is 0 Å². The molecule has 0 saturated heterocycles. The Morgan fingerprint density at radius 3 is 2.83 bits per heavy atom. The number of thiazole rings is 1. The first-order valence-electron chi connectivity index (χ1n) is 6.98. The average Bonchev–Trinajstić information content (AvgIpc) is 3.25. The van der Waals surface area contributed by atoms with Crippen molar-refractivity contribution in [1.29, 1.82) is 0 Å². The zero-order valence-electron chi connectivity index (χ0n) is 12.2. The third-order valence-electron chi connectivity index (χ3n) is 3.32. The van der Waals surface area contributed by atoms with Crippen LogP contribution in [0.15, 0.2) is 47.2 Å². The van der Waals surface area contributed by atoms with Gasteiger partial charge in [0.25, 0.3) is 5.91 Å².